The fraction of sp³-hybridized carbons (Fsp3) is 0.727. The highest BCUT2D eigenvalue weighted by Gasteiger charge is 2.41. The van der Waals surface area contributed by atoms with Gasteiger partial charge in [0, 0.05) is 12.0 Å². The molecule has 1 N–H and O–H groups in total. The zero-order chi connectivity index (χ0) is 10.8. The minimum Gasteiger partial charge on any atom is -0.444 e. The number of carbonyl (C=O) groups is 1. The summed E-state index contributed by atoms with van der Waals surface area (Å²) in [5.74, 6) is 2.70. The Kier molecular flexibility index (Phi) is 2.75. The van der Waals surface area contributed by atoms with Gasteiger partial charge in [-0.3, -0.25) is 0 Å². The second kappa shape index (κ2) is 3.53. The van der Waals surface area contributed by atoms with Crippen LogP contribution in [0.3, 0.4) is 0 Å². The van der Waals surface area contributed by atoms with Crippen molar-refractivity contribution in [2.24, 2.45) is 5.41 Å². The maximum atomic E-state index is 11.2. The smallest absolute Gasteiger partial charge is 0.407 e. The van der Waals surface area contributed by atoms with Gasteiger partial charge >= 0.3 is 6.09 Å². The third-order valence-electron chi connectivity index (χ3n) is 2.13. The molecule has 1 rings (SSSR count). The molecule has 0 saturated heterocycles. The van der Waals surface area contributed by atoms with Gasteiger partial charge in [0.2, 0.25) is 0 Å². The fourth-order valence-electron chi connectivity index (χ4n) is 1.08. The van der Waals surface area contributed by atoms with Crippen molar-refractivity contribution in [1.29, 1.82) is 0 Å². The Morgan fingerprint density at radius 1 is 1.57 bits per heavy atom. The quantitative estimate of drug-likeness (QED) is 0.684. The highest BCUT2D eigenvalue weighted by molar-refractivity contribution is 5.67. The molecule has 0 atom stereocenters. The maximum absolute atomic E-state index is 11.2. The molecule has 0 aromatic carbocycles. The van der Waals surface area contributed by atoms with E-state index in [0.29, 0.717) is 6.54 Å². The molecule has 1 amide bonds. The normalized spacial score (nSPS) is 18.1. The summed E-state index contributed by atoms with van der Waals surface area (Å²) in [6.07, 6.45) is 6.95. The molecule has 78 valence electrons. The van der Waals surface area contributed by atoms with Crippen LogP contribution in [0.4, 0.5) is 4.79 Å². The van der Waals surface area contributed by atoms with Crippen molar-refractivity contribution in [3.63, 3.8) is 0 Å². The van der Waals surface area contributed by atoms with Crippen LogP contribution in [0.2, 0.25) is 0 Å². The Morgan fingerprint density at radius 2 is 2.14 bits per heavy atom. The third-order valence-corrected chi connectivity index (χ3v) is 2.13. The molecule has 1 fully saturated rings. The van der Waals surface area contributed by atoms with Crippen molar-refractivity contribution in [1.82, 2.24) is 5.32 Å². The van der Waals surface area contributed by atoms with Crippen molar-refractivity contribution >= 4 is 6.09 Å². The number of rotatable bonds is 2. The van der Waals surface area contributed by atoms with Crippen LogP contribution in [0.5, 0.6) is 0 Å². The number of terminal acetylenes is 1. The van der Waals surface area contributed by atoms with Gasteiger partial charge in [-0.1, -0.05) is 5.92 Å². The zero-order valence-corrected chi connectivity index (χ0v) is 9.02. The number of nitrogens with one attached hydrogen (secondary N) is 1. The van der Waals surface area contributed by atoms with Crippen LogP contribution in [0.15, 0.2) is 0 Å². The van der Waals surface area contributed by atoms with Gasteiger partial charge in [-0.2, -0.15) is 0 Å². The number of ether oxygens (including phenoxy) is 1. The van der Waals surface area contributed by atoms with Crippen LogP contribution < -0.4 is 5.32 Å². The number of alkyl carbamates (subject to hydrolysis) is 1. The molecular formula is C11H17NO2. The van der Waals surface area contributed by atoms with Gasteiger partial charge in [-0.15, -0.1) is 6.42 Å². The third kappa shape index (κ3) is 3.29. The van der Waals surface area contributed by atoms with E-state index in [4.69, 9.17) is 11.2 Å². The molecule has 1 aliphatic carbocycles. The molecule has 3 nitrogen and oxygen atoms in total. The average molecular weight is 195 g/mol. The summed E-state index contributed by atoms with van der Waals surface area (Å²) in [4.78, 5) is 11.2. The lowest BCUT2D eigenvalue weighted by Crippen LogP contribution is -2.35. The Labute approximate surface area is 85.2 Å². The molecule has 0 aromatic rings. The Morgan fingerprint density at radius 3 is 2.50 bits per heavy atom. The standard InChI is InChI=1S/C11H17NO2/c1-5-11(6-7-11)8-12-9(13)14-10(2,3)4/h1H,6-8H2,2-4H3,(H,12,13). The highest BCUT2D eigenvalue weighted by Crippen LogP contribution is 2.44. The highest BCUT2D eigenvalue weighted by atomic mass is 16.6. The van der Waals surface area contributed by atoms with Crippen molar-refractivity contribution < 1.29 is 9.53 Å². The van der Waals surface area contributed by atoms with Crippen molar-refractivity contribution in [3.8, 4) is 12.3 Å². The van der Waals surface area contributed by atoms with Crippen LogP contribution >= 0.6 is 0 Å². The molecule has 0 spiro atoms. The van der Waals surface area contributed by atoms with Gasteiger partial charge in [0.1, 0.15) is 5.60 Å². The summed E-state index contributed by atoms with van der Waals surface area (Å²) in [5.41, 5.74) is -0.534. The van der Waals surface area contributed by atoms with E-state index >= 15 is 0 Å². The summed E-state index contributed by atoms with van der Waals surface area (Å²) in [7, 11) is 0. The van der Waals surface area contributed by atoms with E-state index in [0.717, 1.165) is 12.8 Å². The van der Waals surface area contributed by atoms with E-state index in [1.54, 1.807) is 0 Å². The molecule has 0 aromatic heterocycles. The van der Waals surface area contributed by atoms with E-state index in [1.807, 2.05) is 20.8 Å². The molecule has 0 aliphatic heterocycles. The lowest BCUT2D eigenvalue weighted by atomic mass is 10.1. The first-order valence-electron chi connectivity index (χ1n) is 4.82. The van der Waals surface area contributed by atoms with Gasteiger partial charge in [0.05, 0.1) is 0 Å². The predicted octanol–water partition coefficient (Wildman–Crippen LogP) is 1.92. The van der Waals surface area contributed by atoms with E-state index in [9.17, 15) is 4.79 Å². The van der Waals surface area contributed by atoms with Crippen LogP contribution in [0, 0.1) is 17.8 Å². The van der Waals surface area contributed by atoms with Crippen molar-refractivity contribution in [2.75, 3.05) is 6.54 Å². The van der Waals surface area contributed by atoms with Crippen molar-refractivity contribution in [3.05, 3.63) is 0 Å². The largest absolute Gasteiger partial charge is 0.444 e. The van der Waals surface area contributed by atoms with Gasteiger partial charge in [0.25, 0.3) is 0 Å². The lowest BCUT2D eigenvalue weighted by Gasteiger charge is -2.20. The predicted molar refractivity (Wildman–Crippen MR) is 54.7 cm³/mol. The summed E-state index contributed by atoms with van der Waals surface area (Å²) in [5, 5.41) is 2.69. The van der Waals surface area contributed by atoms with Crippen LogP contribution in [0.1, 0.15) is 33.6 Å². The van der Waals surface area contributed by atoms with Crippen LogP contribution in [-0.4, -0.2) is 18.2 Å². The van der Waals surface area contributed by atoms with Crippen LogP contribution in [0.25, 0.3) is 0 Å². The summed E-state index contributed by atoms with van der Waals surface area (Å²) in [6, 6.07) is 0. The maximum Gasteiger partial charge on any atom is 0.407 e. The molecule has 0 heterocycles. The van der Waals surface area contributed by atoms with E-state index in [1.165, 1.54) is 0 Å². The molecular weight excluding hydrogens is 178 g/mol. The number of amides is 1. The zero-order valence-electron chi connectivity index (χ0n) is 9.02. The van der Waals surface area contributed by atoms with Gasteiger partial charge in [-0.25, -0.2) is 4.79 Å². The summed E-state index contributed by atoms with van der Waals surface area (Å²) < 4.78 is 5.09. The topological polar surface area (TPSA) is 38.3 Å². The lowest BCUT2D eigenvalue weighted by molar-refractivity contribution is 0.0521. The number of hydrogen-bond donors (Lipinski definition) is 1. The Bertz CT molecular complexity index is 266. The molecule has 14 heavy (non-hydrogen) atoms. The molecule has 1 aliphatic rings. The first kappa shape index (κ1) is 10.9. The summed E-state index contributed by atoms with van der Waals surface area (Å²) >= 11 is 0. The van der Waals surface area contributed by atoms with E-state index in [2.05, 4.69) is 11.2 Å². The van der Waals surface area contributed by atoms with Crippen molar-refractivity contribution in [2.45, 2.75) is 39.2 Å². The van der Waals surface area contributed by atoms with Gasteiger partial charge < -0.3 is 10.1 Å². The fourth-order valence-corrected chi connectivity index (χ4v) is 1.08. The van der Waals surface area contributed by atoms with Gasteiger partial charge in [-0.05, 0) is 33.6 Å². The first-order valence-corrected chi connectivity index (χ1v) is 4.82. The molecule has 0 bridgehead atoms. The minimum atomic E-state index is -0.447. The Hall–Kier alpha value is -1.17. The number of carbonyl (C=O) groups excluding carboxylic acids is 1. The van der Waals surface area contributed by atoms with Crippen LogP contribution in [-0.2, 0) is 4.74 Å². The SMILES string of the molecule is C#CC1(CNC(=O)OC(C)(C)C)CC1. The first-order chi connectivity index (χ1) is 6.37. The van der Waals surface area contributed by atoms with Gasteiger partial charge in [0.15, 0.2) is 0 Å². The molecule has 1 saturated carbocycles. The molecule has 3 heteroatoms. The minimum absolute atomic E-state index is 0.0864. The molecule has 0 radical (unpaired) electrons. The van der Waals surface area contributed by atoms with E-state index < -0.39 is 5.60 Å². The second-order valence-corrected chi connectivity index (χ2v) is 4.78. The molecule has 0 unspecified atom stereocenters. The Balaban J connectivity index is 2.26. The average Bonchev–Trinajstić information content (AvgIpc) is 2.78. The summed E-state index contributed by atoms with van der Waals surface area (Å²) in [6.45, 7) is 6.03. The van der Waals surface area contributed by atoms with E-state index in [-0.39, 0.29) is 11.5 Å². The monoisotopic (exact) mass is 195 g/mol. The number of hydrogen-bond acceptors (Lipinski definition) is 2. The second-order valence-electron chi connectivity index (χ2n) is 4.78.